The highest BCUT2D eigenvalue weighted by Crippen LogP contribution is 2.49. The molecule has 1 rings (SSSR count). The molecule has 0 amide bonds. The second-order valence-corrected chi connectivity index (χ2v) is 6.89. The zero-order valence-electron chi connectivity index (χ0n) is 5.60. The molecule has 4 heteroatoms. The summed E-state index contributed by atoms with van der Waals surface area (Å²) in [5.74, 6) is 0. The van der Waals surface area contributed by atoms with Gasteiger partial charge in [0.25, 0.3) is 0 Å². The molecule has 0 N–H and O–H groups in total. The van der Waals surface area contributed by atoms with Gasteiger partial charge in [-0.3, -0.25) is 0 Å². The molecular formula is C7H6BrCl2P. The average Bonchev–Trinajstić information content (AvgIpc) is 1.93. The Morgan fingerprint density at radius 1 is 1.18 bits per heavy atom. The van der Waals surface area contributed by atoms with E-state index in [2.05, 4.69) is 15.9 Å². The van der Waals surface area contributed by atoms with E-state index in [0.717, 1.165) is 10.6 Å². The maximum absolute atomic E-state index is 5.67. The van der Waals surface area contributed by atoms with Gasteiger partial charge in [0.05, 0.1) is 6.63 Å². The lowest BCUT2D eigenvalue weighted by molar-refractivity contribution is 1.40. The molecule has 0 saturated carbocycles. The van der Waals surface area contributed by atoms with E-state index in [4.69, 9.17) is 22.5 Å². The van der Waals surface area contributed by atoms with Gasteiger partial charge in [-0.15, -0.1) is 0 Å². The van der Waals surface area contributed by atoms with Gasteiger partial charge in [0.1, 0.15) is 0 Å². The second kappa shape index (κ2) is 4.67. The van der Waals surface area contributed by atoms with Crippen LogP contribution in [0.2, 0.25) is 0 Å². The van der Waals surface area contributed by atoms with Crippen LogP contribution >= 0.6 is 45.0 Å². The zero-order chi connectivity index (χ0) is 8.27. The van der Waals surface area contributed by atoms with Gasteiger partial charge in [0.15, 0.2) is 0 Å². The Bertz CT molecular complexity index is 222. The molecule has 0 aromatic heterocycles. The van der Waals surface area contributed by atoms with Crippen LogP contribution in [-0.4, -0.2) is 0 Å². The van der Waals surface area contributed by atoms with Gasteiger partial charge in [0, 0.05) is 10.6 Å². The predicted molar refractivity (Wildman–Crippen MR) is 56.5 cm³/mol. The molecule has 60 valence electrons. The SMILES string of the molecule is ClP(Cl)Cc1ccc(Br)cc1. The molecule has 0 fully saturated rings. The summed E-state index contributed by atoms with van der Waals surface area (Å²) in [4.78, 5) is 0. The van der Waals surface area contributed by atoms with Crippen LogP contribution in [0.1, 0.15) is 5.56 Å². The fraction of sp³-hybridized carbons (Fsp3) is 0.143. The first-order valence-electron chi connectivity index (χ1n) is 3.02. The Labute approximate surface area is 85.4 Å². The van der Waals surface area contributed by atoms with Crippen LogP contribution in [0.3, 0.4) is 0 Å². The zero-order valence-corrected chi connectivity index (χ0v) is 9.59. The number of halogens is 3. The van der Waals surface area contributed by atoms with Crippen molar-refractivity contribution in [2.24, 2.45) is 0 Å². The van der Waals surface area contributed by atoms with E-state index < -0.39 is 6.63 Å². The fourth-order valence-corrected chi connectivity index (χ4v) is 2.31. The molecule has 11 heavy (non-hydrogen) atoms. The number of benzene rings is 1. The molecule has 0 bridgehead atoms. The van der Waals surface area contributed by atoms with Crippen LogP contribution in [0.15, 0.2) is 28.7 Å². The van der Waals surface area contributed by atoms with Crippen molar-refractivity contribution in [1.29, 1.82) is 0 Å². The molecule has 0 heterocycles. The molecule has 0 nitrogen and oxygen atoms in total. The summed E-state index contributed by atoms with van der Waals surface area (Å²) >= 11 is 14.7. The maximum atomic E-state index is 5.67. The molecule has 0 aliphatic rings. The number of rotatable bonds is 2. The molecular weight excluding hydrogens is 266 g/mol. The predicted octanol–water partition coefficient (Wildman–Crippen LogP) is 4.74. The molecule has 1 aromatic carbocycles. The maximum Gasteiger partial charge on any atom is 0.0899 e. The summed E-state index contributed by atoms with van der Waals surface area (Å²) in [5.41, 5.74) is 1.18. The van der Waals surface area contributed by atoms with Crippen LogP contribution < -0.4 is 0 Å². The Morgan fingerprint density at radius 3 is 2.18 bits per heavy atom. The third-order valence-electron chi connectivity index (χ3n) is 1.22. The van der Waals surface area contributed by atoms with Gasteiger partial charge in [-0.2, -0.15) is 0 Å². The van der Waals surface area contributed by atoms with E-state index in [1.807, 2.05) is 24.3 Å². The third kappa shape index (κ3) is 3.75. The van der Waals surface area contributed by atoms with Crippen LogP contribution in [0.25, 0.3) is 0 Å². The average molecular weight is 272 g/mol. The molecule has 0 aliphatic carbocycles. The van der Waals surface area contributed by atoms with Crippen molar-refractivity contribution in [3.8, 4) is 0 Å². The largest absolute Gasteiger partial charge is 0.0899 e. The lowest BCUT2D eigenvalue weighted by atomic mass is 10.2. The normalized spacial score (nSPS) is 10.5. The summed E-state index contributed by atoms with van der Waals surface area (Å²) in [6.07, 6.45) is 0.770. The van der Waals surface area contributed by atoms with Gasteiger partial charge in [-0.05, 0) is 17.7 Å². The molecule has 0 atom stereocenters. The Hall–Kier alpha value is 0.710. The second-order valence-electron chi connectivity index (χ2n) is 2.09. The van der Waals surface area contributed by atoms with Crippen molar-refractivity contribution in [3.05, 3.63) is 34.3 Å². The van der Waals surface area contributed by atoms with E-state index in [-0.39, 0.29) is 0 Å². The quantitative estimate of drug-likeness (QED) is 0.682. The van der Waals surface area contributed by atoms with E-state index in [9.17, 15) is 0 Å². The van der Waals surface area contributed by atoms with Crippen LogP contribution in [0.4, 0.5) is 0 Å². The van der Waals surface area contributed by atoms with Crippen molar-refractivity contribution in [3.63, 3.8) is 0 Å². The number of hydrogen-bond donors (Lipinski definition) is 0. The van der Waals surface area contributed by atoms with Crippen LogP contribution in [0.5, 0.6) is 0 Å². The minimum absolute atomic E-state index is 0.770. The standard InChI is InChI=1S/C7H6BrCl2P/c8-7-3-1-6(2-4-7)5-11(9)10/h1-4H,5H2. The minimum Gasteiger partial charge on any atom is -0.0777 e. The highest BCUT2D eigenvalue weighted by molar-refractivity contribution is 9.10. The Morgan fingerprint density at radius 2 is 1.73 bits per heavy atom. The molecule has 0 saturated heterocycles. The fourth-order valence-electron chi connectivity index (χ4n) is 0.728. The summed E-state index contributed by atoms with van der Waals surface area (Å²) in [6, 6.07) is 8.01. The summed E-state index contributed by atoms with van der Waals surface area (Å²) in [5, 5.41) is 0. The summed E-state index contributed by atoms with van der Waals surface area (Å²) in [6.45, 7) is -0.857. The first kappa shape index (κ1) is 9.80. The van der Waals surface area contributed by atoms with Gasteiger partial charge >= 0.3 is 0 Å². The van der Waals surface area contributed by atoms with Crippen molar-refractivity contribution in [2.75, 3.05) is 0 Å². The molecule has 0 aliphatic heterocycles. The van der Waals surface area contributed by atoms with Crippen molar-refractivity contribution in [1.82, 2.24) is 0 Å². The lowest BCUT2D eigenvalue weighted by Gasteiger charge is -2.00. The highest BCUT2D eigenvalue weighted by Gasteiger charge is 1.99. The third-order valence-corrected chi connectivity index (χ3v) is 3.07. The Balaban J connectivity index is 2.66. The van der Waals surface area contributed by atoms with Gasteiger partial charge in [-0.1, -0.05) is 50.5 Å². The smallest absolute Gasteiger partial charge is 0.0777 e. The molecule has 1 aromatic rings. The Kier molecular flexibility index (Phi) is 4.16. The number of hydrogen-bond acceptors (Lipinski definition) is 0. The highest BCUT2D eigenvalue weighted by atomic mass is 79.9. The molecule has 0 unspecified atom stereocenters. The summed E-state index contributed by atoms with van der Waals surface area (Å²) in [7, 11) is 0. The van der Waals surface area contributed by atoms with Crippen molar-refractivity contribution >= 4 is 45.0 Å². The van der Waals surface area contributed by atoms with Crippen molar-refractivity contribution < 1.29 is 0 Å². The monoisotopic (exact) mass is 270 g/mol. The van der Waals surface area contributed by atoms with Crippen LogP contribution in [0, 0.1) is 0 Å². The topological polar surface area (TPSA) is 0 Å². The van der Waals surface area contributed by atoms with Gasteiger partial charge < -0.3 is 0 Å². The molecule has 0 spiro atoms. The summed E-state index contributed by atoms with van der Waals surface area (Å²) < 4.78 is 1.08. The van der Waals surface area contributed by atoms with E-state index in [1.165, 1.54) is 5.56 Å². The van der Waals surface area contributed by atoms with E-state index in [1.54, 1.807) is 0 Å². The lowest BCUT2D eigenvalue weighted by Crippen LogP contribution is -1.76. The first-order chi connectivity index (χ1) is 5.18. The minimum atomic E-state index is -0.857. The molecule has 0 radical (unpaired) electrons. The van der Waals surface area contributed by atoms with Crippen LogP contribution in [-0.2, 0) is 6.16 Å². The van der Waals surface area contributed by atoms with E-state index >= 15 is 0 Å². The van der Waals surface area contributed by atoms with Gasteiger partial charge in [-0.25, -0.2) is 0 Å². The van der Waals surface area contributed by atoms with E-state index in [0.29, 0.717) is 0 Å². The van der Waals surface area contributed by atoms with Crippen molar-refractivity contribution in [2.45, 2.75) is 6.16 Å². The van der Waals surface area contributed by atoms with Gasteiger partial charge in [0.2, 0.25) is 0 Å². The first-order valence-corrected chi connectivity index (χ1v) is 7.15.